The van der Waals surface area contributed by atoms with Gasteiger partial charge in [-0.15, -0.1) is 0 Å². The minimum absolute atomic E-state index is 0.143. The molecule has 1 aromatic heterocycles. The summed E-state index contributed by atoms with van der Waals surface area (Å²) < 4.78 is 5.92. The molecule has 0 radical (unpaired) electrons. The van der Waals surface area contributed by atoms with Gasteiger partial charge in [-0.3, -0.25) is 4.79 Å². The highest BCUT2D eigenvalue weighted by Crippen LogP contribution is 2.23. The number of fused-ring (bicyclic) bond motifs is 1. The van der Waals surface area contributed by atoms with Crippen molar-refractivity contribution >= 4 is 40.1 Å². The van der Waals surface area contributed by atoms with Crippen molar-refractivity contribution in [3.8, 4) is 5.75 Å². The van der Waals surface area contributed by atoms with Gasteiger partial charge in [0.1, 0.15) is 12.4 Å². The number of benzene rings is 3. The van der Waals surface area contributed by atoms with E-state index >= 15 is 0 Å². The van der Waals surface area contributed by atoms with Crippen molar-refractivity contribution in [2.24, 2.45) is 0 Å². The van der Waals surface area contributed by atoms with Crippen LogP contribution < -0.4 is 10.1 Å². The molecule has 0 aliphatic carbocycles. The molecular formula is C28H25ClN2O3. The van der Waals surface area contributed by atoms with Crippen LogP contribution in [0.15, 0.2) is 84.9 Å². The molecule has 4 aromatic rings. The molecule has 3 aromatic carbocycles. The first-order valence-electron chi connectivity index (χ1n) is 11.0. The molecule has 0 aliphatic rings. The average molecular weight is 473 g/mol. The van der Waals surface area contributed by atoms with Crippen LogP contribution in [-0.2, 0) is 11.4 Å². The van der Waals surface area contributed by atoms with Gasteiger partial charge in [-0.05, 0) is 60.5 Å². The van der Waals surface area contributed by atoms with E-state index in [-0.39, 0.29) is 18.6 Å². The quantitative estimate of drug-likeness (QED) is 0.262. The number of nitrogens with one attached hydrogen (secondary N) is 1. The van der Waals surface area contributed by atoms with Gasteiger partial charge in [-0.25, -0.2) is 4.98 Å². The number of carbonyl (C=O) groups is 1. The number of hydrogen-bond donors (Lipinski definition) is 2. The molecule has 6 heteroatoms. The smallest absolute Gasteiger partial charge is 0.252 e. The maximum absolute atomic E-state index is 12.9. The van der Waals surface area contributed by atoms with Crippen LogP contribution in [0.25, 0.3) is 22.6 Å². The van der Waals surface area contributed by atoms with E-state index in [0.29, 0.717) is 23.0 Å². The molecule has 0 aliphatic heterocycles. The lowest BCUT2D eigenvalue weighted by Crippen LogP contribution is -2.35. The van der Waals surface area contributed by atoms with Gasteiger partial charge in [0.25, 0.3) is 5.91 Å². The zero-order valence-corrected chi connectivity index (χ0v) is 19.5. The maximum Gasteiger partial charge on any atom is 0.252 e. The molecule has 172 valence electrons. The van der Waals surface area contributed by atoms with Crippen molar-refractivity contribution in [3.05, 3.63) is 107 Å². The Bertz CT molecular complexity index is 1300. The Morgan fingerprint density at radius 3 is 2.50 bits per heavy atom. The first kappa shape index (κ1) is 23.5. The lowest BCUT2D eigenvalue weighted by atomic mass is 10.0. The van der Waals surface area contributed by atoms with Gasteiger partial charge >= 0.3 is 0 Å². The monoisotopic (exact) mass is 472 g/mol. The van der Waals surface area contributed by atoms with Crippen LogP contribution in [0.4, 0.5) is 0 Å². The van der Waals surface area contributed by atoms with Crippen LogP contribution in [0.2, 0.25) is 5.02 Å². The van der Waals surface area contributed by atoms with Gasteiger partial charge in [0.15, 0.2) is 0 Å². The van der Waals surface area contributed by atoms with Crippen molar-refractivity contribution in [1.29, 1.82) is 0 Å². The molecule has 0 bridgehead atoms. The normalized spacial score (nSPS) is 12.4. The molecule has 4 rings (SSSR count). The molecule has 0 saturated carbocycles. The average Bonchev–Trinajstić information content (AvgIpc) is 2.87. The van der Waals surface area contributed by atoms with E-state index in [1.807, 2.05) is 72.8 Å². The third kappa shape index (κ3) is 6.01. The van der Waals surface area contributed by atoms with Crippen molar-refractivity contribution in [2.45, 2.75) is 19.6 Å². The number of amides is 1. The first-order valence-corrected chi connectivity index (χ1v) is 11.4. The van der Waals surface area contributed by atoms with Crippen LogP contribution >= 0.6 is 11.6 Å². The number of pyridine rings is 1. The molecule has 1 amide bonds. The van der Waals surface area contributed by atoms with Crippen LogP contribution in [0.1, 0.15) is 23.7 Å². The molecule has 0 spiro atoms. The molecule has 1 unspecified atom stereocenters. The van der Waals surface area contributed by atoms with Crippen molar-refractivity contribution in [1.82, 2.24) is 10.3 Å². The predicted octanol–water partition coefficient (Wildman–Crippen LogP) is 5.50. The Labute approximate surface area is 203 Å². The van der Waals surface area contributed by atoms with Gasteiger partial charge in [0.05, 0.1) is 17.8 Å². The molecule has 0 fully saturated rings. The summed E-state index contributed by atoms with van der Waals surface area (Å²) in [5.41, 5.74) is 3.82. The SMILES string of the molecule is CC(CO)NC(=O)C(=Cc1ccc(Cl)cc1)c1ccc(OCc2ccc3ccccc3n2)cc1. The number of carbonyl (C=O) groups excluding carboxylic acids is 1. The third-order valence-electron chi connectivity index (χ3n) is 5.29. The highest BCUT2D eigenvalue weighted by Gasteiger charge is 2.15. The lowest BCUT2D eigenvalue weighted by Gasteiger charge is -2.14. The second-order valence-electron chi connectivity index (χ2n) is 7.97. The summed E-state index contributed by atoms with van der Waals surface area (Å²) in [5, 5.41) is 13.9. The van der Waals surface area contributed by atoms with Gasteiger partial charge in [0, 0.05) is 22.0 Å². The van der Waals surface area contributed by atoms with Crippen LogP contribution in [-0.4, -0.2) is 28.6 Å². The predicted molar refractivity (Wildman–Crippen MR) is 137 cm³/mol. The van der Waals surface area contributed by atoms with Gasteiger partial charge in [-0.1, -0.05) is 60.1 Å². The molecule has 2 N–H and O–H groups in total. The number of hydrogen-bond acceptors (Lipinski definition) is 4. The fourth-order valence-electron chi connectivity index (χ4n) is 3.43. The van der Waals surface area contributed by atoms with Crippen molar-refractivity contribution in [3.63, 3.8) is 0 Å². The molecule has 1 atom stereocenters. The van der Waals surface area contributed by atoms with E-state index in [1.165, 1.54) is 0 Å². The van der Waals surface area contributed by atoms with Crippen LogP contribution in [0.3, 0.4) is 0 Å². The standard InChI is InChI=1S/C28H25ClN2O3/c1-19(17-32)30-28(33)26(16-20-6-11-23(29)12-7-20)21-9-14-25(15-10-21)34-18-24-13-8-22-4-2-3-5-27(22)31-24/h2-16,19,32H,17-18H2,1H3,(H,30,33). The zero-order valence-electron chi connectivity index (χ0n) is 18.7. The summed E-state index contributed by atoms with van der Waals surface area (Å²) >= 11 is 5.99. The summed E-state index contributed by atoms with van der Waals surface area (Å²) in [6, 6.07) is 26.2. The van der Waals surface area contributed by atoms with Crippen molar-refractivity contribution < 1.29 is 14.6 Å². The summed E-state index contributed by atoms with van der Waals surface area (Å²) in [6.45, 7) is 1.94. The van der Waals surface area contributed by atoms with Gasteiger partial charge in [-0.2, -0.15) is 0 Å². The molecule has 34 heavy (non-hydrogen) atoms. The van der Waals surface area contributed by atoms with Gasteiger partial charge in [0.2, 0.25) is 0 Å². The number of rotatable bonds is 8. The summed E-state index contributed by atoms with van der Waals surface area (Å²) in [4.78, 5) is 17.6. The number of para-hydroxylation sites is 1. The zero-order chi connectivity index (χ0) is 23.9. The minimum Gasteiger partial charge on any atom is -0.487 e. The summed E-state index contributed by atoms with van der Waals surface area (Å²) in [5.74, 6) is 0.402. The highest BCUT2D eigenvalue weighted by molar-refractivity contribution is 6.30. The van der Waals surface area contributed by atoms with E-state index in [4.69, 9.17) is 16.3 Å². The third-order valence-corrected chi connectivity index (χ3v) is 5.54. The fraction of sp³-hybridized carbons (Fsp3) is 0.143. The highest BCUT2D eigenvalue weighted by atomic mass is 35.5. The number of aliphatic hydroxyl groups excluding tert-OH is 1. The number of aromatic nitrogens is 1. The van der Waals surface area contributed by atoms with E-state index in [0.717, 1.165) is 27.7 Å². The number of aliphatic hydroxyl groups is 1. The number of ether oxygens (including phenoxy) is 1. The van der Waals surface area contributed by atoms with Crippen molar-refractivity contribution in [2.75, 3.05) is 6.61 Å². The maximum atomic E-state index is 12.9. The van der Waals surface area contributed by atoms with Crippen LogP contribution in [0, 0.1) is 0 Å². The van der Waals surface area contributed by atoms with E-state index in [9.17, 15) is 9.90 Å². The topological polar surface area (TPSA) is 71.5 Å². The van der Waals surface area contributed by atoms with Crippen LogP contribution in [0.5, 0.6) is 5.75 Å². The summed E-state index contributed by atoms with van der Waals surface area (Å²) in [6.07, 6.45) is 1.80. The van der Waals surface area contributed by atoms with E-state index in [1.54, 1.807) is 25.1 Å². The summed E-state index contributed by atoms with van der Waals surface area (Å²) in [7, 11) is 0. The molecule has 1 heterocycles. The Morgan fingerprint density at radius 1 is 1.03 bits per heavy atom. The number of nitrogens with zero attached hydrogens (tertiary/aromatic N) is 1. The second kappa shape index (κ2) is 11.0. The van der Waals surface area contributed by atoms with E-state index in [2.05, 4.69) is 10.3 Å². The van der Waals surface area contributed by atoms with Gasteiger partial charge < -0.3 is 15.2 Å². The lowest BCUT2D eigenvalue weighted by molar-refractivity contribution is -0.116. The molecular weight excluding hydrogens is 448 g/mol. The Balaban J connectivity index is 1.52. The second-order valence-corrected chi connectivity index (χ2v) is 8.41. The molecule has 0 saturated heterocycles. The Morgan fingerprint density at radius 2 is 1.76 bits per heavy atom. The minimum atomic E-state index is -0.363. The number of halogens is 1. The molecule has 5 nitrogen and oxygen atoms in total. The Kier molecular flexibility index (Phi) is 7.58. The largest absolute Gasteiger partial charge is 0.487 e. The fourth-order valence-corrected chi connectivity index (χ4v) is 3.56. The Hall–Kier alpha value is -3.67. The van der Waals surface area contributed by atoms with E-state index < -0.39 is 0 Å². The first-order chi connectivity index (χ1) is 16.5.